The summed E-state index contributed by atoms with van der Waals surface area (Å²) < 4.78 is 0. The third-order valence-corrected chi connectivity index (χ3v) is 5.33. The lowest BCUT2D eigenvalue weighted by Gasteiger charge is -2.42. The Bertz CT molecular complexity index is 487. The van der Waals surface area contributed by atoms with Gasteiger partial charge in [-0.1, -0.05) is 43.7 Å². The molecule has 3 atom stereocenters. The van der Waals surface area contributed by atoms with E-state index >= 15 is 0 Å². The maximum absolute atomic E-state index is 5.06. The fourth-order valence-corrected chi connectivity index (χ4v) is 4.05. The number of aryl methyl sites for hydroxylation is 1. The highest BCUT2D eigenvalue weighted by molar-refractivity contribution is 5.79. The summed E-state index contributed by atoms with van der Waals surface area (Å²) in [5.41, 5.74) is 2.55. The number of rotatable bonds is 3. The van der Waals surface area contributed by atoms with E-state index in [-0.39, 0.29) is 0 Å². The van der Waals surface area contributed by atoms with Gasteiger partial charge in [0.1, 0.15) is 0 Å². The molecule has 0 amide bonds. The summed E-state index contributed by atoms with van der Waals surface area (Å²) in [6.07, 6.45) is 6.11. The van der Waals surface area contributed by atoms with Gasteiger partial charge in [-0.05, 0) is 56.7 Å². The van der Waals surface area contributed by atoms with Gasteiger partial charge in [-0.25, -0.2) is 0 Å². The van der Waals surface area contributed by atoms with E-state index in [0.717, 1.165) is 11.8 Å². The molecule has 0 saturated carbocycles. The number of benzene rings is 1. The van der Waals surface area contributed by atoms with Crippen molar-refractivity contribution in [2.45, 2.75) is 52.1 Å². The summed E-state index contributed by atoms with van der Waals surface area (Å²) in [5.74, 6) is 1.47. The van der Waals surface area contributed by atoms with Gasteiger partial charge in [0.25, 0.3) is 0 Å². The molecule has 0 unspecified atom stereocenters. The SMILES string of the molecule is Cc1ccc(C=N[C@@H]2[C@@H](C(C)C)CCN3CCC[C@@H]23)cc1. The molecule has 21 heavy (non-hydrogen) atoms. The van der Waals surface area contributed by atoms with E-state index in [0.29, 0.717) is 12.1 Å². The summed E-state index contributed by atoms with van der Waals surface area (Å²) in [5, 5.41) is 0. The Kier molecular flexibility index (Phi) is 4.44. The summed E-state index contributed by atoms with van der Waals surface area (Å²) in [6, 6.07) is 9.88. The summed E-state index contributed by atoms with van der Waals surface area (Å²) in [7, 11) is 0. The Morgan fingerprint density at radius 2 is 1.90 bits per heavy atom. The first-order valence-corrected chi connectivity index (χ1v) is 8.49. The van der Waals surface area contributed by atoms with Crippen molar-refractivity contribution in [2.75, 3.05) is 13.1 Å². The molecule has 0 bridgehead atoms. The van der Waals surface area contributed by atoms with Crippen LogP contribution in [0.5, 0.6) is 0 Å². The van der Waals surface area contributed by atoms with Gasteiger partial charge in [0, 0.05) is 12.3 Å². The molecule has 2 fully saturated rings. The molecule has 2 aliphatic rings. The zero-order chi connectivity index (χ0) is 14.8. The molecule has 2 nitrogen and oxygen atoms in total. The summed E-state index contributed by atoms with van der Waals surface area (Å²) in [6.45, 7) is 9.43. The predicted octanol–water partition coefficient (Wildman–Crippen LogP) is 3.92. The minimum Gasteiger partial charge on any atom is -0.298 e. The van der Waals surface area contributed by atoms with Gasteiger partial charge in [-0.15, -0.1) is 0 Å². The number of aliphatic imine (C=N–C) groups is 1. The molecule has 0 aliphatic carbocycles. The highest BCUT2D eigenvalue weighted by Gasteiger charge is 2.40. The van der Waals surface area contributed by atoms with Crippen molar-refractivity contribution < 1.29 is 0 Å². The fourth-order valence-electron chi connectivity index (χ4n) is 4.05. The minimum absolute atomic E-state index is 0.488. The molecule has 2 aliphatic heterocycles. The third-order valence-electron chi connectivity index (χ3n) is 5.33. The Morgan fingerprint density at radius 1 is 1.14 bits per heavy atom. The smallest absolute Gasteiger partial charge is 0.0686 e. The molecule has 2 saturated heterocycles. The van der Waals surface area contributed by atoms with Crippen LogP contribution in [-0.2, 0) is 0 Å². The van der Waals surface area contributed by atoms with Crippen molar-refractivity contribution in [1.82, 2.24) is 4.90 Å². The Balaban J connectivity index is 1.79. The van der Waals surface area contributed by atoms with Crippen LogP contribution in [0.1, 0.15) is 44.2 Å². The lowest BCUT2D eigenvalue weighted by molar-refractivity contribution is 0.103. The van der Waals surface area contributed by atoms with E-state index in [1.54, 1.807) is 0 Å². The van der Waals surface area contributed by atoms with E-state index in [9.17, 15) is 0 Å². The first-order valence-electron chi connectivity index (χ1n) is 8.49. The van der Waals surface area contributed by atoms with Gasteiger partial charge in [0.2, 0.25) is 0 Å². The average Bonchev–Trinajstić information content (AvgIpc) is 2.94. The predicted molar refractivity (Wildman–Crippen MR) is 90.1 cm³/mol. The van der Waals surface area contributed by atoms with Crippen LogP contribution in [-0.4, -0.2) is 36.3 Å². The molecule has 2 heterocycles. The number of fused-ring (bicyclic) bond motifs is 1. The fraction of sp³-hybridized carbons (Fsp3) is 0.632. The molecule has 2 heteroatoms. The van der Waals surface area contributed by atoms with Crippen molar-refractivity contribution in [1.29, 1.82) is 0 Å². The number of piperidine rings is 1. The van der Waals surface area contributed by atoms with Crippen LogP contribution in [0.25, 0.3) is 0 Å². The van der Waals surface area contributed by atoms with Crippen molar-refractivity contribution in [3.05, 3.63) is 35.4 Å². The van der Waals surface area contributed by atoms with Gasteiger partial charge in [-0.2, -0.15) is 0 Å². The van der Waals surface area contributed by atoms with E-state index in [1.807, 2.05) is 0 Å². The normalized spacial score (nSPS) is 30.2. The maximum Gasteiger partial charge on any atom is 0.0686 e. The van der Waals surface area contributed by atoms with Crippen molar-refractivity contribution in [2.24, 2.45) is 16.8 Å². The summed E-state index contributed by atoms with van der Waals surface area (Å²) >= 11 is 0. The highest BCUT2D eigenvalue weighted by atomic mass is 15.2. The van der Waals surface area contributed by atoms with Crippen LogP contribution in [0.4, 0.5) is 0 Å². The zero-order valence-electron chi connectivity index (χ0n) is 13.6. The number of hydrogen-bond donors (Lipinski definition) is 0. The molecule has 0 N–H and O–H groups in total. The molecule has 3 rings (SSSR count). The topological polar surface area (TPSA) is 15.6 Å². The molecule has 1 aromatic rings. The van der Waals surface area contributed by atoms with Crippen molar-refractivity contribution in [3.63, 3.8) is 0 Å². The first kappa shape index (κ1) is 14.8. The average molecular weight is 284 g/mol. The molecule has 1 aromatic carbocycles. The van der Waals surface area contributed by atoms with Crippen LogP contribution in [0, 0.1) is 18.8 Å². The van der Waals surface area contributed by atoms with E-state index in [4.69, 9.17) is 4.99 Å². The van der Waals surface area contributed by atoms with E-state index in [1.165, 1.54) is 43.5 Å². The van der Waals surface area contributed by atoms with Crippen LogP contribution in [0.3, 0.4) is 0 Å². The standard InChI is InChI=1S/C19H28N2/c1-14(2)17-10-12-21-11-4-5-18(21)19(17)20-13-16-8-6-15(3)7-9-16/h6-9,13-14,17-19H,4-5,10-12H2,1-3H3/t17-,18+,19-/m1/s1. The quantitative estimate of drug-likeness (QED) is 0.768. The molecule has 114 valence electrons. The van der Waals surface area contributed by atoms with Crippen LogP contribution in [0.2, 0.25) is 0 Å². The zero-order valence-corrected chi connectivity index (χ0v) is 13.6. The second-order valence-electron chi connectivity index (χ2n) is 7.12. The lowest BCUT2D eigenvalue weighted by Crippen LogP contribution is -2.49. The van der Waals surface area contributed by atoms with Gasteiger partial charge < -0.3 is 0 Å². The second kappa shape index (κ2) is 6.31. The van der Waals surface area contributed by atoms with Gasteiger partial charge in [0.05, 0.1) is 6.04 Å². The van der Waals surface area contributed by atoms with E-state index < -0.39 is 0 Å². The van der Waals surface area contributed by atoms with Crippen molar-refractivity contribution in [3.8, 4) is 0 Å². The third kappa shape index (κ3) is 3.21. The highest BCUT2D eigenvalue weighted by Crippen LogP contribution is 2.36. The molecular formula is C19H28N2. The monoisotopic (exact) mass is 284 g/mol. The number of nitrogens with zero attached hydrogens (tertiary/aromatic N) is 2. The first-order chi connectivity index (χ1) is 10.1. The minimum atomic E-state index is 0.488. The lowest BCUT2D eigenvalue weighted by atomic mass is 9.79. The molecule has 0 radical (unpaired) electrons. The Hall–Kier alpha value is -1.15. The molecule has 0 spiro atoms. The molecule has 0 aromatic heterocycles. The van der Waals surface area contributed by atoms with E-state index in [2.05, 4.69) is 56.2 Å². The van der Waals surface area contributed by atoms with Crippen molar-refractivity contribution >= 4 is 6.21 Å². The van der Waals surface area contributed by atoms with Gasteiger partial charge in [-0.3, -0.25) is 9.89 Å². The Morgan fingerprint density at radius 3 is 2.62 bits per heavy atom. The van der Waals surface area contributed by atoms with Crippen LogP contribution >= 0.6 is 0 Å². The summed E-state index contributed by atoms with van der Waals surface area (Å²) in [4.78, 5) is 7.74. The Labute approximate surface area is 129 Å². The second-order valence-corrected chi connectivity index (χ2v) is 7.12. The molecular weight excluding hydrogens is 256 g/mol. The largest absolute Gasteiger partial charge is 0.298 e. The van der Waals surface area contributed by atoms with Crippen LogP contribution < -0.4 is 0 Å². The van der Waals surface area contributed by atoms with Crippen LogP contribution in [0.15, 0.2) is 29.3 Å². The van der Waals surface area contributed by atoms with Gasteiger partial charge >= 0.3 is 0 Å². The number of hydrogen-bond acceptors (Lipinski definition) is 2. The maximum atomic E-state index is 5.06. The van der Waals surface area contributed by atoms with Gasteiger partial charge in [0.15, 0.2) is 0 Å².